The molecule has 0 aromatic heterocycles. The van der Waals surface area contributed by atoms with Crippen LogP contribution >= 0.6 is 0 Å². The van der Waals surface area contributed by atoms with Gasteiger partial charge in [0.1, 0.15) is 0 Å². The summed E-state index contributed by atoms with van der Waals surface area (Å²) in [4.78, 5) is 28.6. The highest BCUT2D eigenvalue weighted by atomic mass is 16.5. The number of anilines is 1. The summed E-state index contributed by atoms with van der Waals surface area (Å²) < 4.78 is 16.0. The number of ether oxygens (including phenoxy) is 3. The van der Waals surface area contributed by atoms with Crippen molar-refractivity contribution in [2.24, 2.45) is 0 Å². The van der Waals surface area contributed by atoms with Crippen LogP contribution in [-0.4, -0.2) is 75.8 Å². The zero-order valence-corrected chi connectivity index (χ0v) is 18.7. The third-order valence-corrected chi connectivity index (χ3v) is 5.25. The molecule has 3 rings (SSSR count). The number of urea groups is 1. The first-order valence-corrected chi connectivity index (χ1v) is 10.4. The van der Waals surface area contributed by atoms with Gasteiger partial charge >= 0.3 is 6.03 Å². The van der Waals surface area contributed by atoms with E-state index in [9.17, 15) is 9.59 Å². The molecule has 2 aromatic carbocycles. The molecule has 172 valence electrons. The lowest BCUT2D eigenvalue weighted by Gasteiger charge is -2.34. The van der Waals surface area contributed by atoms with Crippen LogP contribution in [0.5, 0.6) is 17.2 Å². The molecule has 0 atom stereocenters. The predicted molar refractivity (Wildman–Crippen MR) is 121 cm³/mol. The zero-order valence-electron chi connectivity index (χ0n) is 18.7. The first-order chi connectivity index (χ1) is 15.5. The number of amides is 3. The largest absolute Gasteiger partial charge is 0.493 e. The minimum Gasteiger partial charge on any atom is -0.493 e. The number of hydrogen-bond donors (Lipinski definition) is 2. The third-order valence-electron chi connectivity index (χ3n) is 5.25. The van der Waals surface area contributed by atoms with Gasteiger partial charge in [-0.15, -0.1) is 0 Å². The van der Waals surface area contributed by atoms with Crippen molar-refractivity contribution in [1.29, 1.82) is 0 Å². The molecule has 0 bridgehead atoms. The second-order valence-electron chi connectivity index (χ2n) is 7.37. The summed E-state index contributed by atoms with van der Waals surface area (Å²) in [6.07, 6.45) is 0. The first kappa shape index (κ1) is 23.2. The van der Waals surface area contributed by atoms with Gasteiger partial charge in [0.15, 0.2) is 11.5 Å². The van der Waals surface area contributed by atoms with Crippen molar-refractivity contribution in [2.75, 3.05) is 59.4 Å². The Morgan fingerprint density at radius 2 is 1.53 bits per heavy atom. The van der Waals surface area contributed by atoms with E-state index >= 15 is 0 Å². The van der Waals surface area contributed by atoms with Gasteiger partial charge in [0.25, 0.3) is 0 Å². The smallest absolute Gasteiger partial charge is 0.317 e. The Hall–Kier alpha value is -3.46. The highest BCUT2D eigenvalue weighted by Gasteiger charge is 2.22. The standard InChI is InChI=1S/C23H30N4O5/c1-30-19-13-17(14-20(31-2)22(19)32-3)15-24-23(29)27-11-9-26(10-12-27)16-21(28)25-18-7-5-4-6-8-18/h4-8,13-14H,9-12,15-16H2,1-3H3,(H,24,29)(H,25,28). The molecule has 1 saturated heterocycles. The molecule has 1 fully saturated rings. The molecule has 9 nitrogen and oxygen atoms in total. The van der Waals surface area contributed by atoms with Crippen LogP contribution in [0, 0.1) is 0 Å². The van der Waals surface area contributed by atoms with Crippen LogP contribution in [0.15, 0.2) is 42.5 Å². The lowest BCUT2D eigenvalue weighted by atomic mass is 10.2. The van der Waals surface area contributed by atoms with Gasteiger partial charge in [-0.05, 0) is 29.8 Å². The van der Waals surface area contributed by atoms with E-state index in [0.29, 0.717) is 56.5 Å². The summed E-state index contributed by atoms with van der Waals surface area (Å²) in [6, 6.07) is 12.8. The molecule has 1 aliphatic rings. The van der Waals surface area contributed by atoms with Crippen molar-refractivity contribution in [3.63, 3.8) is 0 Å². The van der Waals surface area contributed by atoms with Crippen molar-refractivity contribution >= 4 is 17.6 Å². The molecule has 0 unspecified atom stereocenters. The van der Waals surface area contributed by atoms with Crippen LogP contribution in [0.25, 0.3) is 0 Å². The second-order valence-corrected chi connectivity index (χ2v) is 7.37. The molecule has 1 heterocycles. The van der Waals surface area contributed by atoms with Gasteiger partial charge in [0.05, 0.1) is 27.9 Å². The summed E-state index contributed by atoms with van der Waals surface area (Å²) in [5.41, 5.74) is 1.62. The maximum absolute atomic E-state index is 12.6. The van der Waals surface area contributed by atoms with Gasteiger partial charge in [-0.2, -0.15) is 0 Å². The van der Waals surface area contributed by atoms with E-state index < -0.39 is 0 Å². The summed E-state index contributed by atoms with van der Waals surface area (Å²) in [5, 5.41) is 5.82. The lowest BCUT2D eigenvalue weighted by molar-refractivity contribution is -0.117. The van der Waals surface area contributed by atoms with E-state index in [1.165, 1.54) is 0 Å². The van der Waals surface area contributed by atoms with Crippen LogP contribution in [0.3, 0.4) is 0 Å². The summed E-state index contributed by atoms with van der Waals surface area (Å²) >= 11 is 0. The van der Waals surface area contributed by atoms with E-state index in [-0.39, 0.29) is 11.9 Å². The minimum atomic E-state index is -0.146. The normalized spacial score (nSPS) is 13.9. The number of benzene rings is 2. The quantitative estimate of drug-likeness (QED) is 0.651. The van der Waals surface area contributed by atoms with Crippen molar-refractivity contribution < 1.29 is 23.8 Å². The van der Waals surface area contributed by atoms with E-state index in [1.54, 1.807) is 26.2 Å². The van der Waals surface area contributed by atoms with Gasteiger partial charge in [-0.25, -0.2) is 4.79 Å². The molecule has 0 radical (unpaired) electrons. The van der Waals surface area contributed by atoms with E-state index in [0.717, 1.165) is 11.3 Å². The Morgan fingerprint density at radius 3 is 2.09 bits per heavy atom. The Kier molecular flexibility index (Phi) is 8.15. The van der Waals surface area contributed by atoms with Gasteiger partial charge in [0, 0.05) is 38.4 Å². The number of rotatable bonds is 8. The number of carbonyl (C=O) groups is 2. The fourth-order valence-electron chi connectivity index (χ4n) is 3.56. The van der Waals surface area contributed by atoms with Crippen molar-refractivity contribution in [3.05, 3.63) is 48.0 Å². The number of hydrogen-bond acceptors (Lipinski definition) is 6. The predicted octanol–water partition coefficient (Wildman–Crippen LogP) is 2.18. The average Bonchev–Trinajstić information content (AvgIpc) is 2.82. The lowest BCUT2D eigenvalue weighted by Crippen LogP contribution is -2.52. The van der Waals surface area contributed by atoms with Crippen LogP contribution in [0.1, 0.15) is 5.56 Å². The molecule has 1 aliphatic heterocycles. The van der Waals surface area contributed by atoms with Gasteiger partial charge in [-0.1, -0.05) is 18.2 Å². The molecule has 0 spiro atoms. The SMILES string of the molecule is COc1cc(CNC(=O)N2CCN(CC(=O)Nc3ccccc3)CC2)cc(OC)c1OC. The molecule has 32 heavy (non-hydrogen) atoms. The number of nitrogens with one attached hydrogen (secondary N) is 2. The Morgan fingerprint density at radius 1 is 0.906 bits per heavy atom. The second kappa shape index (κ2) is 11.2. The summed E-state index contributed by atoms with van der Waals surface area (Å²) in [6.45, 7) is 3.02. The molecule has 2 N–H and O–H groups in total. The molecule has 3 amide bonds. The Labute approximate surface area is 188 Å². The zero-order chi connectivity index (χ0) is 22.9. The summed E-state index contributed by atoms with van der Waals surface area (Å²) in [5.74, 6) is 1.53. The van der Waals surface area contributed by atoms with Crippen molar-refractivity contribution in [1.82, 2.24) is 15.1 Å². The third kappa shape index (κ3) is 6.04. The van der Waals surface area contributed by atoms with E-state index in [4.69, 9.17) is 14.2 Å². The number of piperazine rings is 1. The van der Waals surface area contributed by atoms with Crippen molar-refractivity contribution in [2.45, 2.75) is 6.54 Å². The number of carbonyl (C=O) groups excluding carboxylic acids is 2. The van der Waals surface area contributed by atoms with Crippen molar-refractivity contribution in [3.8, 4) is 17.2 Å². The van der Waals surface area contributed by atoms with Crippen LogP contribution in [0.2, 0.25) is 0 Å². The van der Waals surface area contributed by atoms with Crippen LogP contribution in [0.4, 0.5) is 10.5 Å². The molecular formula is C23H30N4O5. The molecular weight excluding hydrogens is 412 g/mol. The van der Waals surface area contributed by atoms with E-state index in [2.05, 4.69) is 10.6 Å². The molecule has 0 aliphatic carbocycles. The maximum atomic E-state index is 12.6. The highest BCUT2D eigenvalue weighted by Crippen LogP contribution is 2.38. The number of methoxy groups -OCH3 is 3. The fraction of sp³-hybridized carbons (Fsp3) is 0.391. The monoisotopic (exact) mass is 442 g/mol. The topological polar surface area (TPSA) is 92.4 Å². The number of nitrogens with zero attached hydrogens (tertiary/aromatic N) is 2. The Bertz CT molecular complexity index is 889. The highest BCUT2D eigenvalue weighted by molar-refractivity contribution is 5.92. The van der Waals surface area contributed by atoms with Gasteiger partial charge < -0.3 is 29.7 Å². The van der Waals surface area contributed by atoms with Gasteiger partial charge in [-0.3, -0.25) is 9.69 Å². The van der Waals surface area contributed by atoms with E-state index in [1.807, 2.05) is 47.4 Å². The first-order valence-electron chi connectivity index (χ1n) is 10.4. The number of para-hydroxylation sites is 1. The molecule has 9 heteroatoms. The van der Waals surface area contributed by atoms with Crippen LogP contribution in [-0.2, 0) is 11.3 Å². The van der Waals surface area contributed by atoms with Gasteiger partial charge in [0.2, 0.25) is 11.7 Å². The maximum Gasteiger partial charge on any atom is 0.317 e. The Balaban J connectivity index is 1.46. The fourth-order valence-corrected chi connectivity index (χ4v) is 3.56. The molecule has 2 aromatic rings. The van der Waals surface area contributed by atoms with Crippen LogP contribution < -0.4 is 24.8 Å². The summed E-state index contributed by atoms with van der Waals surface area (Å²) in [7, 11) is 4.66. The average molecular weight is 443 g/mol. The molecule has 0 saturated carbocycles. The minimum absolute atomic E-state index is 0.0588.